The van der Waals surface area contributed by atoms with Crippen molar-refractivity contribution in [2.75, 3.05) is 12.4 Å². The Morgan fingerprint density at radius 1 is 1.17 bits per heavy atom. The molecule has 0 unspecified atom stereocenters. The molecule has 0 N–H and O–H groups in total. The van der Waals surface area contributed by atoms with Gasteiger partial charge in [-0.25, -0.2) is 4.68 Å². The number of nitrogens with zero attached hydrogens (tertiary/aromatic N) is 3. The van der Waals surface area contributed by atoms with Crippen LogP contribution in [0.3, 0.4) is 0 Å². The molecule has 1 aromatic carbocycles. The van der Waals surface area contributed by atoms with E-state index in [1.54, 1.807) is 17.4 Å². The van der Waals surface area contributed by atoms with Crippen LogP contribution in [0.2, 0.25) is 0 Å². The van der Waals surface area contributed by atoms with Crippen LogP contribution in [0.4, 0.5) is 0 Å². The Morgan fingerprint density at radius 3 is 2.71 bits per heavy atom. The zero-order valence-corrected chi connectivity index (χ0v) is 13.9. The molecule has 0 saturated carbocycles. The van der Waals surface area contributed by atoms with Crippen LogP contribution in [0, 0.1) is 0 Å². The molecule has 3 rings (SSSR count). The van der Waals surface area contributed by atoms with Gasteiger partial charge in [0.2, 0.25) is 5.91 Å². The van der Waals surface area contributed by atoms with Gasteiger partial charge in [-0.2, -0.15) is 5.10 Å². The van der Waals surface area contributed by atoms with Gasteiger partial charge >= 0.3 is 0 Å². The molecule has 0 aliphatic rings. The highest BCUT2D eigenvalue weighted by atomic mass is 35.5. The lowest BCUT2D eigenvalue weighted by Gasteiger charge is -2.22. The highest BCUT2D eigenvalue weighted by molar-refractivity contribution is 6.27. The molecule has 0 aliphatic heterocycles. The fraction of sp³-hybridized carbons (Fsp3) is 0.222. The molecule has 124 valence electrons. The quantitative estimate of drug-likeness (QED) is 0.619. The standard InChI is InChI=1S/C18H18ClN3O2/c19-13-18(23)21(11-9-17-7-4-12-24-17)14-16-8-10-20-22(16)15-5-2-1-3-6-15/h1-8,10,12H,9,11,13-14H2. The summed E-state index contributed by atoms with van der Waals surface area (Å²) in [5, 5.41) is 4.36. The van der Waals surface area contributed by atoms with E-state index in [1.807, 2.05) is 53.2 Å². The van der Waals surface area contributed by atoms with Gasteiger partial charge < -0.3 is 9.32 Å². The lowest BCUT2D eigenvalue weighted by atomic mass is 10.2. The van der Waals surface area contributed by atoms with E-state index in [0.717, 1.165) is 17.1 Å². The number of halogens is 1. The summed E-state index contributed by atoms with van der Waals surface area (Å²) in [5.41, 5.74) is 1.89. The zero-order valence-electron chi connectivity index (χ0n) is 13.1. The minimum atomic E-state index is -0.107. The molecule has 0 fully saturated rings. The summed E-state index contributed by atoms with van der Waals surface area (Å²) in [4.78, 5) is 13.9. The van der Waals surface area contributed by atoms with E-state index < -0.39 is 0 Å². The Morgan fingerprint density at radius 2 is 2.00 bits per heavy atom. The monoisotopic (exact) mass is 343 g/mol. The van der Waals surface area contributed by atoms with Gasteiger partial charge in [0.15, 0.2) is 0 Å². The summed E-state index contributed by atoms with van der Waals surface area (Å²) in [6, 6.07) is 15.5. The number of alkyl halides is 1. The van der Waals surface area contributed by atoms with Crippen molar-refractivity contribution in [3.8, 4) is 5.69 Å². The topological polar surface area (TPSA) is 51.3 Å². The number of aromatic nitrogens is 2. The third kappa shape index (κ3) is 3.86. The SMILES string of the molecule is O=C(CCl)N(CCc1ccco1)Cc1ccnn1-c1ccccc1. The first-order valence-electron chi connectivity index (χ1n) is 7.72. The highest BCUT2D eigenvalue weighted by Gasteiger charge is 2.16. The summed E-state index contributed by atoms with van der Waals surface area (Å²) in [5.74, 6) is 0.695. The van der Waals surface area contributed by atoms with E-state index in [0.29, 0.717) is 19.5 Å². The molecular weight excluding hydrogens is 326 g/mol. The zero-order chi connectivity index (χ0) is 16.8. The predicted molar refractivity (Wildman–Crippen MR) is 92.1 cm³/mol. The average Bonchev–Trinajstić information content (AvgIpc) is 3.30. The van der Waals surface area contributed by atoms with Crippen molar-refractivity contribution < 1.29 is 9.21 Å². The molecule has 0 bridgehead atoms. The normalized spacial score (nSPS) is 10.7. The fourth-order valence-corrected chi connectivity index (χ4v) is 2.69. The van der Waals surface area contributed by atoms with Gasteiger partial charge in [0.25, 0.3) is 0 Å². The van der Waals surface area contributed by atoms with E-state index >= 15 is 0 Å². The van der Waals surface area contributed by atoms with Crippen molar-refractivity contribution in [3.05, 3.63) is 72.4 Å². The fourth-order valence-electron chi connectivity index (χ4n) is 2.52. The Bertz CT molecular complexity index is 769. The molecule has 0 aliphatic carbocycles. The van der Waals surface area contributed by atoms with Gasteiger partial charge in [-0.1, -0.05) is 18.2 Å². The number of benzene rings is 1. The molecule has 1 amide bonds. The molecule has 6 heteroatoms. The average molecular weight is 344 g/mol. The smallest absolute Gasteiger partial charge is 0.237 e. The van der Waals surface area contributed by atoms with Crippen molar-refractivity contribution in [2.24, 2.45) is 0 Å². The first-order valence-corrected chi connectivity index (χ1v) is 8.26. The number of carbonyl (C=O) groups excluding carboxylic acids is 1. The van der Waals surface area contributed by atoms with Crippen LogP contribution in [0.1, 0.15) is 11.5 Å². The lowest BCUT2D eigenvalue weighted by molar-refractivity contribution is -0.129. The molecule has 0 saturated heterocycles. The largest absolute Gasteiger partial charge is 0.469 e. The van der Waals surface area contributed by atoms with Crippen molar-refractivity contribution in [3.63, 3.8) is 0 Å². The summed E-state index contributed by atoms with van der Waals surface area (Å²) < 4.78 is 7.17. The molecule has 24 heavy (non-hydrogen) atoms. The van der Waals surface area contributed by atoms with E-state index in [4.69, 9.17) is 16.0 Å². The van der Waals surface area contributed by atoms with Gasteiger partial charge in [0.1, 0.15) is 11.6 Å². The summed E-state index contributed by atoms with van der Waals surface area (Å²) in [6.07, 6.45) is 4.01. The van der Waals surface area contributed by atoms with Crippen LogP contribution < -0.4 is 0 Å². The lowest BCUT2D eigenvalue weighted by Crippen LogP contribution is -2.34. The number of furan rings is 1. The predicted octanol–water partition coefficient (Wildman–Crippen LogP) is 3.28. The summed E-state index contributed by atoms with van der Waals surface area (Å²) in [6.45, 7) is 0.986. The van der Waals surface area contributed by atoms with Gasteiger partial charge in [0, 0.05) is 19.2 Å². The summed E-state index contributed by atoms with van der Waals surface area (Å²) >= 11 is 5.77. The number of hydrogen-bond acceptors (Lipinski definition) is 3. The minimum Gasteiger partial charge on any atom is -0.469 e. The Kier molecular flexibility index (Phi) is 5.33. The van der Waals surface area contributed by atoms with Gasteiger partial charge in [-0.05, 0) is 30.3 Å². The maximum Gasteiger partial charge on any atom is 0.237 e. The maximum atomic E-state index is 12.2. The van der Waals surface area contributed by atoms with Crippen LogP contribution in [0.15, 0.2) is 65.4 Å². The minimum absolute atomic E-state index is 0.0440. The molecular formula is C18H18ClN3O2. The molecule has 0 atom stereocenters. The molecule has 5 nitrogen and oxygen atoms in total. The Labute approximate surface area is 145 Å². The van der Waals surface area contributed by atoms with Gasteiger partial charge in [0.05, 0.1) is 24.2 Å². The van der Waals surface area contributed by atoms with Crippen molar-refractivity contribution in [2.45, 2.75) is 13.0 Å². The van der Waals surface area contributed by atoms with E-state index in [-0.39, 0.29) is 11.8 Å². The number of rotatable bonds is 7. The first kappa shape index (κ1) is 16.3. The van der Waals surface area contributed by atoms with Gasteiger partial charge in [-0.3, -0.25) is 4.79 Å². The Hall–Kier alpha value is -2.53. The van der Waals surface area contributed by atoms with Gasteiger partial charge in [-0.15, -0.1) is 11.6 Å². The third-order valence-electron chi connectivity index (χ3n) is 3.75. The number of para-hydroxylation sites is 1. The van der Waals surface area contributed by atoms with Crippen LogP contribution >= 0.6 is 11.6 Å². The second-order valence-corrected chi connectivity index (χ2v) is 5.62. The third-order valence-corrected chi connectivity index (χ3v) is 3.98. The number of amides is 1. The van der Waals surface area contributed by atoms with Crippen LogP contribution in [-0.2, 0) is 17.8 Å². The highest BCUT2D eigenvalue weighted by Crippen LogP contribution is 2.13. The molecule has 3 aromatic rings. The van der Waals surface area contributed by atoms with Crippen molar-refractivity contribution in [1.82, 2.24) is 14.7 Å². The van der Waals surface area contributed by atoms with Crippen LogP contribution in [0.5, 0.6) is 0 Å². The molecule has 0 radical (unpaired) electrons. The second kappa shape index (κ2) is 7.84. The summed E-state index contributed by atoms with van der Waals surface area (Å²) in [7, 11) is 0. The number of hydrogen-bond donors (Lipinski definition) is 0. The van der Waals surface area contributed by atoms with Crippen molar-refractivity contribution in [1.29, 1.82) is 0 Å². The maximum absolute atomic E-state index is 12.2. The van der Waals surface area contributed by atoms with Crippen LogP contribution in [0.25, 0.3) is 5.69 Å². The Balaban J connectivity index is 1.75. The molecule has 2 aromatic heterocycles. The van der Waals surface area contributed by atoms with Crippen molar-refractivity contribution >= 4 is 17.5 Å². The number of carbonyl (C=O) groups is 1. The van der Waals surface area contributed by atoms with E-state index in [1.165, 1.54) is 0 Å². The molecule has 2 heterocycles. The van der Waals surface area contributed by atoms with Crippen LogP contribution in [-0.4, -0.2) is 33.0 Å². The van der Waals surface area contributed by atoms with E-state index in [9.17, 15) is 4.79 Å². The molecule has 0 spiro atoms. The first-order chi connectivity index (χ1) is 11.8. The second-order valence-electron chi connectivity index (χ2n) is 5.35. The van der Waals surface area contributed by atoms with E-state index in [2.05, 4.69) is 5.10 Å².